The van der Waals surface area contributed by atoms with Gasteiger partial charge in [0.15, 0.2) is 0 Å². The van der Waals surface area contributed by atoms with E-state index in [0.717, 1.165) is 16.8 Å². The molecule has 0 fully saturated rings. The van der Waals surface area contributed by atoms with Crippen LogP contribution >= 0.6 is 0 Å². The number of fused-ring (bicyclic) bond motifs is 1. The van der Waals surface area contributed by atoms with E-state index in [1.807, 2.05) is 24.3 Å². The average molecular weight is 242 g/mol. The number of hydrogen-bond acceptors (Lipinski definition) is 3. The van der Waals surface area contributed by atoms with Crippen LogP contribution in [0.15, 0.2) is 36.7 Å². The van der Waals surface area contributed by atoms with Crippen molar-refractivity contribution in [2.75, 3.05) is 11.9 Å². The molecule has 0 radical (unpaired) electrons. The molecule has 0 aliphatic carbocycles. The van der Waals surface area contributed by atoms with Gasteiger partial charge in [-0.15, -0.1) is 0 Å². The zero-order valence-corrected chi connectivity index (χ0v) is 9.81. The van der Waals surface area contributed by atoms with Crippen molar-refractivity contribution in [1.82, 2.24) is 15.5 Å². The molecule has 18 heavy (non-hydrogen) atoms. The number of benzene rings is 1. The summed E-state index contributed by atoms with van der Waals surface area (Å²) in [6.07, 6.45) is 3.49. The van der Waals surface area contributed by atoms with E-state index in [1.54, 1.807) is 12.4 Å². The molecule has 3 N–H and O–H groups in total. The van der Waals surface area contributed by atoms with Gasteiger partial charge in [-0.1, -0.05) is 18.2 Å². The standard InChI is InChI=1S/C13H14N4O/c18-13(15-5-9-6-16-17-7-9)11-8-14-12-4-2-1-3-10(11)12/h1-4,6-7,11,14H,5,8H2,(H,15,18)(H,16,17). The number of rotatable bonds is 3. The summed E-state index contributed by atoms with van der Waals surface area (Å²) in [7, 11) is 0. The normalized spacial score (nSPS) is 17.0. The van der Waals surface area contributed by atoms with E-state index in [4.69, 9.17) is 0 Å². The van der Waals surface area contributed by atoms with Gasteiger partial charge in [0.25, 0.3) is 0 Å². The quantitative estimate of drug-likeness (QED) is 0.758. The highest BCUT2D eigenvalue weighted by Crippen LogP contribution is 2.30. The number of carbonyl (C=O) groups excluding carboxylic acids is 1. The molecular weight excluding hydrogens is 228 g/mol. The highest BCUT2D eigenvalue weighted by atomic mass is 16.1. The van der Waals surface area contributed by atoms with Crippen molar-refractivity contribution >= 4 is 11.6 Å². The van der Waals surface area contributed by atoms with Gasteiger partial charge in [-0.2, -0.15) is 5.10 Å². The Balaban J connectivity index is 1.67. The van der Waals surface area contributed by atoms with E-state index in [0.29, 0.717) is 13.1 Å². The van der Waals surface area contributed by atoms with Gasteiger partial charge in [-0.25, -0.2) is 0 Å². The highest BCUT2D eigenvalue weighted by molar-refractivity contribution is 5.88. The number of aromatic amines is 1. The minimum atomic E-state index is -0.104. The summed E-state index contributed by atoms with van der Waals surface area (Å²) in [6, 6.07) is 7.93. The number of anilines is 1. The van der Waals surface area contributed by atoms with Crippen LogP contribution in [0.2, 0.25) is 0 Å². The van der Waals surface area contributed by atoms with Gasteiger partial charge in [0.05, 0.1) is 12.1 Å². The van der Waals surface area contributed by atoms with E-state index in [2.05, 4.69) is 20.8 Å². The summed E-state index contributed by atoms with van der Waals surface area (Å²) in [6.45, 7) is 1.17. The largest absolute Gasteiger partial charge is 0.384 e. The first-order valence-electron chi connectivity index (χ1n) is 5.93. The van der Waals surface area contributed by atoms with Crippen LogP contribution in [-0.4, -0.2) is 22.6 Å². The van der Waals surface area contributed by atoms with E-state index < -0.39 is 0 Å². The van der Waals surface area contributed by atoms with Gasteiger partial charge < -0.3 is 10.6 Å². The molecule has 0 saturated heterocycles. The second kappa shape index (κ2) is 4.52. The minimum absolute atomic E-state index is 0.0497. The van der Waals surface area contributed by atoms with Gasteiger partial charge in [0, 0.05) is 30.5 Å². The zero-order valence-electron chi connectivity index (χ0n) is 9.81. The molecule has 5 heteroatoms. The lowest BCUT2D eigenvalue weighted by atomic mass is 10.0. The maximum atomic E-state index is 12.1. The van der Waals surface area contributed by atoms with E-state index >= 15 is 0 Å². The molecule has 1 aliphatic rings. The van der Waals surface area contributed by atoms with Crippen LogP contribution in [0.25, 0.3) is 0 Å². The number of nitrogens with zero attached hydrogens (tertiary/aromatic N) is 1. The topological polar surface area (TPSA) is 69.8 Å². The first kappa shape index (κ1) is 10.8. The maximum Gasteiger partial charge on any atom is 0.229 e. The van der Waals surface area contributed by atoms with Crippen molar-refractivity contribution < 1.29 is 4.79 Å². The summed E-state index contributed by atoms with van der Waals surface area (Å²) in [5, 5.41) is 12.7. The van der Waals surface area contributed by atoms with Gasteiger partial charge in [0.1, 0.15) is 0 Å². The smallest absolute Gasteiger partial charge is 0.229 e. The van der Waals surface area contributed by atoms with E-state index in [9.17, 15) is 4.79 Å². The fourth-order valence-corrected chi connectivity index (χ4v) is 2.20. The fourth-order valence-electron chi connectivity index (χ4n) is 2.20. The number of amides is 1. The predicted octanol–water partition coefficient (Wildman–Crippen LogP) is 1.24. The van der Waals surface area contributed by atoms with Crippen LogP contribution < -0.4 is 10.6 Å². The number of H-pyrrole nitrogens is 1. The maximum absolute atomic E-state index is 12.1. The van der Waals surface area contributed by atoms with Crippen molar-refractivity contribution in [1.29, 1.82) is 0 Å². The molecule has 3 rings (SSSR count). The molecule has 1 aromatic heterocycles. The first-order chi connectivity index (χ1) is 8.84. The molecule has 1 aromatic carbocycles. The van der Waals surface area contributed by atoms with Crippen molar-refractivity contribution in [3.05, 3.63) is 47.8 Å². The molecule has 5 nitrogen and oxygen atoms in total. The highest BCUT2D eigenvalue weighted by Gasteiger charge is 2.27. The second-order valence-electron chi connectivity index (χ2n) is 4.35. The van der Waals surface area contributed by atoms with Crippen molar-refractivity contribution in [2.24, 2.45) is 0 Å². The molecule has 2 heterocycles. The molecular formula is C13H14N4O. The van der Waals surface area contributed by atoms with Crippen LogP contribution in [0.5, 0.6) is 0 Å². The van der Waals surface area contributed by atoms with Crippen LogP contribution in [0.3, 0.4) is 0 Å². The SMILES string of the molecule is O=C(NCc1cn[nH]c1)C1CNc2ccccc21. The molecule has 0 saturated carbocycles. The van der Waals surface area contributed by atoms with E-state index in [1.165, 1.54) is 0 Å². The lowest BCUT2D eigenvalue weighted by Gasteiger charge is -2.10. The molecule has 0 bridgehead atoms. The number of para-hydroxylation sites is 1. The number of carbonyl (C=O) groups is 1. The van der Waals surface area contributed by atoms with Gasteiger partial charge in [-0.05, 0) is 11.6 Å². The lowest BCUT2D eigenvalue weighted by molar-refractivity contribution is -0.122. The Morgan fingerprint density at radius 1 is 1.44 bits per heavy atom. The molecule has 0 spiro atoms. The first-order valence-corrected chi connectivity index (χ1v) is 5.93. The van der Waals surface area contributed by atoms with Gasteiger partial charge in [0.2, 0.25) is 5.91 Å². The second-order valence-corrected chi connectivity index (χ2v) is 4.35. The Bertz CT molecular complexity index is 550. The minimum Gasteiger partial charge on any atom is -0.384 e. The van der Waals surface area contributed by atoms with Crippen molar-refractivity contribution in [3.8, 4) is 0 Å². The Kier molecular flexibility index (Phi) is 2.72. The summed E-state index contributed by atoms with van der Waals surface area (Å²) in [5.41, 5.74) is 3.10. The van der Waals surface area contributed by atoms with Crippen LogP contribution in [-0.2, 0) is 11.3 Å². The monoisotopic (exact) mass is 242 g/mol. The zero-order chi connectivity index (χ0) is 12.4. The Morgan fingerprint density at radius 2 is 2.33 bits per heavy atom. The molecule has 1 amide bonds. The number of nitrogens with one attached hydrogen (secondary N) is 3. The summed E-state index contributed by atoms with van der Waals surface area (Å²) in [5.74, 6) is -0.0539. The Labute approximate surface area is 105 Å². The Morgan fingerprint density at radius 3 is 3.17 bits per heavy atom. The third kappa shape index (κ3) is 1.95. The average Bonchev–Trinajstić information content (AvgIpc) is 3.05. The molecule has 92 valence electrons. The summed E-state index contributed by atoms with van der Waals surface area (Å²) in [4.78, 5) is 12.1. The van der Waals surface area contributed by atoms with Crippen molar-refractivity contribution in [3.63, 3.8) is 0 Å². The summed E-state index contributed by atoms with van der Waals surface area (Å²) >= 11 is 0. The van der Waals surface area contributed by atoms with Gasteiger partial charge in [-0.3, -0.25) is 9.89 Å². The van der Waals surface area contributed by atoms with Crippen molar-refractivity contribution in [2.45, 2.75) is 12.5 Å². The van der Waals surface area contributed by atoms with Gasteiger partial charge >= 0.3 is 0 Å². The van der Waals surface area contributed by atoms with Crippen LogP contribution in [0.4, 0.5) is 5.69 Å². The summed E-state index contributed by atoms with van der Waals surface area (Å²) < 4.78 is 0. The van der Waals surface area contributed by atoms with Crippen LogP contribution in [0, 0.1) is 0 Å². The van der Waals surface area contributed by atoms with E-state index in [-0.39, 0.29) is 11.8 Å². The lowest BCUT2D eigenvalue weighted by Crippen LogP contribution is -2.29. The fraction of sp³-hybridized carbons (Fsp3) is 0.231. The molecule has 1 unspecified atom stereocenters. The molecule has 1 aliphatic heterocycles. The third-order valence-corrected chi connectivity index (χ3v) is 3.17. The van der Waals surface area contributed by atoms with Crippen LogP contribution in [0.1, 0.15) is 17.0 Å². The molecule has 2 aromatic rings. The third-order valence-electron chi connectivity index (χ3n) is 3.17. The number of hydrogen-bond donors (Lipinski definition) is 3. The molecule has 1 atom stereocenters. The predicted molar refractivity (Wildman–Crippen MR) is 68.1 cm³/mol. The Hall–Kier alpha value is -2.30. The number of aromatic nitrogens is 2.